The van der Waals surface area contributed by atoms with Crippen LogP contribution in [0.15, 0.2) is 53.6 Å². The summed E-state index contributed by atoms with van der Waals surface area (Å²) in [6.45, 7) is 3.86. The molecule has 1 amide bonds. The molecule has 10 heteroatoms. The summed E-state index contributed by atoms with van der Waals surface area (Å²) >= 11 is 12.5. The van der Waals surface area contributed by atoms with Gasteiger partial charge in [0.15, 0.2) is 0 Å². The van der Waals surface area contributed by atoms with Crippen LogP contribution in [-0.2, 0) is 10.0 Å². The summed E-state index contributed by atoms with van der Waals surface area (Å²) in [7, 11) is -1.93. The van der Waals surface area contributed by atoms with Crippen molar-refractivity contribution < 1.29 is 13.2 Å². The minimum absolute atomic E-state index is 0.351. The van der Waals surface area contributed by atoms with Gasteiger partial charge in [-0.3, -0.25) is 9.10 Å². The number of aryl methyl sites for hydroxylation is 1. The number of benzene rings is 2. The number of nitrogens with zero attached hydrogens (tertiary/aromatic N) is 3. The number of anilines is 1. The predicted molar refractivity (Wildman–Crippen MR) is 130 cm³/mol. The van der Waals surface area contributed by atoms with E-state index in [2.05, 4.69) is 10.5 Å². The number of carbonyl (C=O) groups is 1. The Balaban J connectivity index is 1.75. The van der Waals surface area contributed by atoms with Crippen molar-refractivity contribution in [2.24, 2.45) is 5.10 Å². The highest BCUT2D eigenvalue weighted by Crippen LogP contribution is 2.28. The smallest absolute Gasteiger partial charge is 0.271 e. The highest BCUT2D eigenvalue weighted by molar-refractivity contribution is 7.92. The Morgan fingerprint density at radius 3 is 2.38 bits per heavy atom. The number of rotatable bonds is 6. The number of carbonyl (C=O) groups excluding carboxylic acids is 1. The summed E-state index contributed by atoms with van der Waals surface area (Å²) in [5, 5.41) is 5.20. The maximum absolute atomic E-state index is 12.4. The molecule has 0 bridgehead atoms. The number of hydrogen-bond donors (Lipinski definition) is 1. The minimum atomic E-state index is -3.37. The van der Waals surface area contributed by atoms with E-state index in [9.17, 15) is 13.2 Å². The maximum Gasteiger partial charge on any atom is 0.271 e. The van der Waals surface area contributed by atoms with E-state index in [1.807, 2.05) is 24.5 Å². The van der Waals surface area contributed by atoms with Crippen LogP contribution in [-0.4, -0.2) is 38.4 Å². The van der Waals surface area contributed by atoms with E-state index in [4.69, 9.17) is 23.2 Å². The molecule has 7 nitrogen and oxygen atoms in total. The molecule has 0 spiro atoms. The van der Waals surface area contributed by atoms with Crippen molar-refractivity contribution in [1.82, 2.24) is 9.99 Å². The highest BCUT2D eigenvalue weighted by atomic mass is 35.5. The fraction of sp³-hybridized carbons (Fsp3) is 0.182. The van der Waals surface area contributed by atoms with Gasteiger partial charge >= 0.3 is 0 Å². The van der Waals surface area contributed by atoms with E-state index in [-0.39, 0.29) is 0 Å². The van der Waals surface area contributed by atoms with Crippen LogP contribution >= 0.6 is 23.2 Å². The number of hydrogen-bond acceptors (Lipinski definition) is 4. The molecule has 0 atom stereocenters. The van der Waals surface area contributed by atoms with Crippen molar-refractivity contribution in [2.75, 3.05) is 17.6 Å². The molecular formula is C22H22Cl2N4O3S. The predicted octanol–water partition coefficient (Wildman–Crippen LogP) is 4.56. The Morgan fingerprint density at radius 2 is 1.75 bits per heavy atom. The van der Waals surface area contributed by atoms with Gasteiger partial charge in [-0.05, 0) is 62.4 Å². The molecule has 168 valence electrons. The fourth-order valence-electron chi connectivity index (χ4n) is 3.19. The summed E-state index contributed by atoms with van der Waals surface area (Å²) in [6, 6.07) is 13.4. The zero-order chi connectivity index (χ0) is 23.6. The molecule has 3 aromatic rings. The van der Waals surface area contributed by atoms with E-state index >= 15 is 0 Å². The molecule has 0 aliphatic carbocycles. The molecule has 0 saturated heterocycles. The van der Waals surface area contributed by atoms with Gasteiger partial charge in [-0.2, -0.15) is 5.10 Å². The SMILES string of the molecule is Cc1cc(/C=N\NC(=O)c2ccc(N(C)S(C)(=O)=O)cc2)c(C)n1-c1cc(Cl)ccc1Cl. The van der Waals surface area contributed by atoms with Crippen LogP contribution in [0.25, 0.3) is 5.69 Å². The van der Waals surface area contributed by atoms with E-state index in [1.165, 1.54) is 19.2 Å². The number of sulfonamides is 1. The average molecular weight is 493 g/mol. The summed E-state index contributed by atoms with van der Waals surface area (Å²) in [4.78, 5) is 12.4. The normalized spacial score (nSPS) is 11.7. The topological polar surface area (TPSA) is 83.8 Å². The van der Waals surface area contributed by atoms with Crippen LogP contribution in [0.1, 0.15) is 27.3 Å². The molecule has 0 aliphatic rings. The van der Waals surface area contributed by atoms with Gasteiger partial charge < -0.3 is 4.57 Å². The summed E-state index contributed by atoms with van der Waals surface area (Å²) in [5.74, 6) is -0.415. The third-order valence-electron chi connectivity index (χ3n) is 4.98. The molecule has 0 radical (unpaired) electrons. The van der Waals surface area contributed by atoms with Crippen LogP contribution in [0.4, 0.5) is 5.69 Å². The number of aromatic nitrogens is 1. The first-order valence-electron chi connectivity index (χ1n) is 9.51. The van der Waals surface area contributed by atoms with Gasteiger partial charge in [-0.15, -0.1) is 0 Å². The fourth-order valence-corrected chi connectivity index (χ4v) is 4.06. The standard InChI is InChI=1S/C22H22Cl2N4O3S/c1-14-11-17(15(2)28(14)21-12-18(23)7-10-20(21)24)13-25-26-22(29)16-5-8-19(9-6-16)27(3)32(4,30)31/h5-13H,1-4H3,(H,26,29)/b25-13-. The van der Waals surface area contributed by atoms with Crippen LogP contribution in [0.5, 0.6) is 0 Å². The Morgan fingerprint density at radius 1 is 1.09 bits per heavy atom. The lowest BCUT2D eigenvalue weighted by Gasteiger charge is -2.16. The molecule has 1 heterocycles. The maximum atomic E-state index is 12.4. The Bertz CT molecular complexity index is 1300. The number of nitrogens with one attached hydrogen (secondary N) is 1. The lowest BCUT2D eigenvalue weighted by Crippen LogP contribution is -2.25. The summed E-state index contributed by atoms with van der Waals surface area (Å²) in [5.41, 5.74) is 6.69. The second-order valence-electron chi connectivity index (χ2n) is 7.23. The second kappa shape index (κ2) is 9.36. The Hall–Kier alpha value is -2.81. The average Bonchev–Trinajstić information content (AvgIpc) is 3.01. The van der Waals surface area contributed by atoms with Gasteiger partial charge in [0.1, 0.15) is 0 Å². The Kier molecular flexibility index (Phi) is 6.97. The van der Waals surface area contributed by atoms with Crippen molar-refractivity contribution in [3.05, 3.63) is 81.1 Å². The first kappa shape index (κ1) is 23.8. The number of halogens is 2. The molecule has 0 unspecified atom stereocenters. The van der Waals surface area contributed by atoms with E-state index in [0.29, 0.717) is 21.3 Å². The quantitative estimate of drug-likeness (QED) is 0.404. The van der Waals surface area contributed by atoms with Gasteiger partial charge in [0.05, 0.1) is 28.9 Å². The van der Waals surface area contributed by atoms with E-state index in [1.54, 1.807) is 36.5 Å². The lowest BCUT2D eigenvalue weighted by atomic mass is 10.2. The second-order valence-corrected chi connectivity index (χ2v) is 10.1. The molecule has 32 heavy (non-hydrogen) atoms. The molecule has 3 rings (SSSR count). The van der Waals surface area contributed by atoms with Crippen molar-refractivity contribution in [1.29, 1.82) is 0 Å². The van der Waals surface area contributed by atoms with E-state index < -0.39 is 15.9 Å². The van der Waals surface area contributed by atoms with Crippen molar-refractivity contribution >= 4 is 51.0 Å². The lowest BCUT2D eigenvalue weighted by molar-refractivity contribution is 0.0955. The number of amides is 1. The number of hydrazone groups is 1. The third-order valence-corrected chi connectivity index (χ3v) is 6.74. The van der Waals surface area contributed by atoms with Crippen molar-refractivity contribution in [2.45, 2.75) is 13.8 Å². The zero-order valence-electron chi connectivity index (χ0n) is 17.9. The first-order valence-corrected chi connectivity index (χ1v) is 12.1. The molecule has 0 aliphatic heterocycles. The minimum Gasteiger partial charge on any atom is -0.316 e. The van der Waals surface area contributed by atoms with Crippen LogP contribution in [0.2, 0.25) is 10.0 Å². The zero-order valence-corrected chi connectivity index (χ0v) is 20.3. The molecule has 1 aromatic heterocycles. The molecule has 0 saturated carbocycles. The van der Waals surface area contributed by atoms with Crippen LogP contribution in [0, 0.1) is 13.8 Å². The molecule has 1 N–H and O–H groups in total. The summed E-state index contributed by atoms with van der Waals surface area (Å²) in [6.07, 6.45) is 2.67. The van der Waals surface area contributed by atoms with Gasteiger partial charge in [0, 0.05) is 34.6 Å². The van der Waals surface area contributed by atoms with Gasteiger partial charge in [0.2, 0.25) is 10.0 Å². The molecular weight excluding hydrogens is 471 g/mol. The van der Waals surface area contributed by atoms with Crippen molar-refractivity contribution in [3.63, 3.8) is 0 Å². The van der Waals surface area contributed by atoms with Crippen LogP contribution < -0.4 is 9.73 Å². The monoisotopic (exact) mass is 492 g/mol. The molecule has 2 aromatic carbocycles. The third kappa shape index (κ3) is 5.15. The van der Waals surface area contributed by atoms with Gasteiger partial charge in [-0.1, -0.05) is 23.2 Å². The summed E-state index contributed by atoms with van der Waals surface area (Å²) < 4.78 is 26.3. The van der Waals surface area contributed by atoms with Crippen LogP contribution in [0.3, 0.4) is 0 Å². The highest BCUT2D eigenvalue weighted by Gasteiger charge is 2.14. The Labute approximate surface area is 197 Å². The molecule has 0 fully saturated rings. The van der Waals surface area contributed by atoms with E-state index in [0.717, 1.165) is 33.2 Å². The van der Waals surface area contributed by atoms with Gasteiger partial charge in [-0.25, -0.2) is 13.8 Å². The van der Waals surface area contributed by atoms with Gasteiger partial charge in [0.25, 0.3) is 5.91 Å². The first-order chi connectivity index (χ1) is 15.0. The van der Waals surface area contributed by atoms with Crippen molar-refractivity contribution in [3.8, 4) is 5.69 Å². The largest absolute Gasteiger partial charge is 0.316 e.